The van der Waals surface area contributed by atoms with Gasteiger partial charge in [-0.15, -0.1) is 0 Å². The summed E-state index contributed by atoms with van der Waals surface area (Å²) in [5.74, 6) is -13.5. The number of nitrogens with two attached hydrogens (primary N) is 3. The van der Waals surface area contributed by atoms with Gasteiger partial charge in [-0.3, -0.25) is 52.7 Å². The van der Waals surface area contributed by atoms with Crippen molar-refractivity contribution < 1.29 is 72.9 Å². The molecule has 0 unspecified atom stereocenters. The van der Waals surface area contributed by atoms with Gasteiger partial charge in [0.05, 0.1) is 25.2 Å². The number of carbonyl (C=O) groups is 12. The van der Waals surface area contributed by atoms with E-state index in [9.17, 15) is 72.9 Å². The number of primary amides is 2. The van der Waals surface area contributed by atoms with Crippen molar-refractivity contribution in [2.75, 3.05) is 6.61 Å². The molecule has 1 aromatic rings. The van der Waals surface area contributed by atoms with Gasteiger partial charge in [-0.05, 0) is 62.3 Å². The van der Waals surface area contributed by atoms with Crippen molar-refractivity contribution in [1.82, 2.24) is 47.9 Å². The Morgan fingerprint density at radius 2 is 0.861 bits per heavy atom. The second-order valence-corrected chi connectivity index (χ2v) is 20.8. The van der Waals surface area contributed by atoms with E-state index in [2.05, 4.69) is 47.9 Å². The lowest BCUT2D eigenvalue weighted by Crippen LogP contribution is -2.62. The highest BCUT2D eigenvalue weighted by Crippen LogP contribution is 2.15. The van der Waals surface area contributed by atoms with Crippen LogP contribution in [0.1, 0.15) is 120 Å². The summed E-state index contributed by atoms with van der Waals surface area (Å²) in [5, 5.41) is 52.1. The Kier molecular flexibility index (Phi) is 30.5. The minimum Gasteiger partial charge on any atom is -0.480 e. The van der Waals surface area contributed by atoms with Gasteiger partial charge in [0.2, 0.25) is 65.0 Å². The van der Waals surface area contributed by atoms with Crippen LogP contribution in [0.4, 0.5) is 0 Å². The van der Waals surface area contributed by atoms with Crippen molar-refractivity contribution in [2.24, 2.45) is 40.9 Å². The molecule has 18 N–H and O–H groups in total. The number of carbonyl (C=O) groups excluding carboxylic acids is 11. The molecule has 0 aliphatic rings. The van der Waals surface area contributed by atoms with Gasteiger partial charge in [0.15, 0.2) is 6.04 Å². The Morgan fingerprint density at radius 1 is 0.481 bits per heavy atom. The highest BCUT2D eigenvalue weighted by Gasteiger charge is 2.38. The Morgan fingerprint density at radius 3 is 1.29 bits per heavy atom. The third-order valence-corrected chi connectivity index (χ3v) is 12.8. The molecule has 1 aromatic carbocycles. The summed E-state index contributed by atoms with van der Waals surface area (Å²) in [4.78, 5) is 160. The summed E-state index contributed by atoms with van der Waals surface area (Å²) < 4.78 is 0. The van der Waals surface area contributed by atoms with E-state index in [0.29, 0.717) is 12.0 Å². The first-order chi connectivity index (χ1) is 36.9. The lowest BCUT2D eigenvalue weighted by Gasteiger charge is -2.30. The molecule has 0 aromatic heterocycles. The molecule has 79 heavy (non-hydrogen) atoms. The molecule has 0 fully saturated rings. The van der Waals surface area contributed by atoms with Crippen LogP contribution in [0.15, 0.2) is 30.3 Å². The number of hydrogen-bond acceptors (Lipinski definition) is 15. The second-order valence-electron chi connectivity index (χ2n) is 20.8. The topological polar surface area (TPSA) is 452 Å². The summed E-state index contributed by atoms with van der Waals surface area (Å²) >= 11 is 0. The van der Waals surface area contributed by atoms with Crippen LogP contribution in [-0.2, 0) is 64.0 Å². The molecule has 27 nitrogen and oxygen atoms in total. The van der Waals surface area contributed by atoms with E-state index in [0.717, 1.165) is 6.92 Å². The fourth-order valence-corrected chi connectivity index (χ4v) is 7.82. The number of aliphatic hydroxyl groups excluding tert-OH is 2. The highest BCUT2D eigenvalue weighted by molar-refractivity contribution is 5.99. The minimum absolute atomic E-state index is 0.0139. The molecule has 27 heteroatoms. The monoisotopic (exact) mass is 1120 g/mol. The molecule has 0 saturated carbocycles. The van der Waals surface area contributed by atoms with Crippen LogP contribution in [0, 0.1) is 23.7 Å². The molecule has 0 aliphatic carbocycles. The Balaban J connectivity index is 3.59. The average Bonchev–Trinajstić information content (AvgIpc) is 3.37. The third-order valence-electron chi connectivity index (χ3n) is 12.8. The first-order valence-electron chi connectivity index (χ1n) is 26.5. The molecular formula is C52H86N12O15. The van der Waals surface area contributed by atoms with Gasteiger partial charge in [-0.1, -0.05) is 98.6 Å². The van der Waals surface area contributed by atoms with Crippen molar-refractivity contribution in [3.8, 4) is 0 Å². The van der Waals surface area contributed by atoms with Crippen LogP contribution in [0.5, 0.6) is 0 Å². The predicted octanol–water partition coefficient (Wildman–Crippen LogP) is -3.28. The maximum Gasteiger partial charge on any atom is 0.328 e. The van der Waals surface area contributed by atoms with Crippen molar-refractivity contribution in [3.05, 3.63) is 35.9 Å². The van der Waals surface area contributed by atoms with Gasteiger partial charge in [-0.25, -0.2) is 4.79 Å². The molecule has 0 aliphatic heterocycles. The third kappa shape index (κ3) is 25.0. The summed E-state index contributed by atoms with van der Waals surface area (Å²) in [7, 11) is 0. The van der Waals surface area contributed by atoms with Crippen molar-refractivity contribution in [2.45, 2.75) is 187 Å². The Labute approximate surface area is 461 Å². The maximum atomic E-state index is 14.4. The standard InChI is InChI=1S/C52H86N12O15/c1-11-27(7)40(62-43(69)29(9)53)50(76)56-32(18-19-38(54)67)44(70)61-37(24-65)49(75)57-33(20-25(3)4)45(71)58-35(22-31-16-14-13-15-17-31)46(72)59-36(23-39(55)68)48(74)63-41(28(8)12-2)51(77)60-34(21-26(5)6)47(73)64-42(30(10)66)52(78)79/h13-17,25-30,32-37,40-42,65-66H,11-12,18-24,53H2,1-10H3,(H2,54,67)(H2,55,68)(H,56,76)(H,57,75)(H,58,71)(H,59,72)(H,60,77)(H,61,70)(H,62,69)(H,63,74)(H,64,73)(H,78,79)/t27-,28-,29-,30+,32-,33-,34-,35-,36-,37-,40-,41-,42-/m0/s1. The van der Waals surface area contributed by atoms with E-state index >= 15 is 0 Å². The lowest BCUT2D eigenvalue weighted by molar-refractivity contribution is -0.145. The van der Waals surface area contributed by atoms with Crippen molar-refractivity contribution in [1.29, 1.82) is 0 Å². The molecule has 0 radical (unpaired) electrons. The van der Waals surface area contributed by atoms with Crippen LogP contribution < -0.4 is 65.1 Å². The van der Waals surface area contributed by atoms with E-state index in [4.69, 9.17) is 17.2 Å². The molecule has 13 atom stereocenters. The van der Waals surface area contributed by atoms with E-state index in [-0.39, 0.29) is 43.9 Å². The molecule has 0 spiro atoms. The van der Waals surface area contributed by atoms with Crippen LogP contribution in [-0.4, -0.2) is 159 Å². The number of aliphatic hydroxyl groups is 2. The molecule has 1 rings (SSSR count). The van der Waals surface area contributed by atoms with E-state index in [1.807, 2.05) is 0 Å². The molecule has 444 valence electrons. The normalized spacial score (nSPS) is 16.2. The molecule has 0 saturated heterocycles. The predicted molar refractivity (Wildman–Crippen MR) is 288 cm³/mol. The summed E-state index contributed by atoms with van der Waals surface area (Å²) in [5.41, 5.74) is 17.1. The minimum atomic E-state index is -1.76. The fraction of sp³-hybridized carbons (Fsp3) is 0.654. The van der Waals surface area contributed by atoms with Crippen LogP contribution in [0.2, 0.25) is 0 Å². The number of carboxylic acids is 1. The summed E-state index contributed by atoms with van der Waals surface area (Å²) in [6.45, 7) is 15.2. The number of carboxylic acid groups (broad SMARTS) is 1. The molecular weight excluding hydrogens is 1030 g/mol. The zero-order valence-electron chi connectivity index (χ0n) is 46.9. The number of nitrogens with one attached hydrogen (secondary N) is 9. The Bertz CT molecular complexity index is 2250. The molecule has 0 bridgehead atoms. The van der Waals surface area contributed by atoms with Crippen LogP contribution in [0.3, 0.4) is 0 Å². The van der Waals surface area contributed by atoms with Crippen LogP contribution >= 0.6 is 0 Å². The van der Waals surface area contributed by atoms with Gasteiger partial charge in [0, 0.05) is 12.8 Å². The first kappa shape index (κ1) is 69.8. The summed E-state index contributed by atoms with van der Waals surface area (Å²) in [6.07, 6.45) is -2.65. The van der Waals surface area contributed by atoms with E-state index in [1.54, 1.807) is 85.7 Å². The largest absolute Gasteiger partial charge is 0.480 e. The fourth-order valence-electron chi connectivity index (χ4n) is 7.82. The number of amides is 11. The summed E-state index contributed by atoms with van der Waals surface area (Å²) in [6, 6.07) is -6.37. The number of benzene rings is 1. The zero-order valence-corrected chi connectivity index (χ0v) is 46.9. The SMILES string of the molecule is CC[C@H](C)[C@H](NC(=O)[C@H](C)N)C(=O)N[C@@H](CCC(N)=O)C(=O)N[C@@H](CO)C(=O)N[C@@H](CC(C)C)C(=O)N[C@@H](Cc1ccccc1)C(=O)N[C@@H](CC(N)=O)C(=O)N[C@H](C(=O)N[C@@H](CC(C)C)C(=O)N[C@H](C(=O)O)[C@@H](C)O)[C@@H](C)CC. The average molecular weight is 1120 g/mol. The Hall–Kier alpha value is -7.26. The van der Waals surface area contributed by atoms with Gasteiger partial charge in [0.1, 0.15) is 48.3 Å². The van der Waals surface area contributed by atoms with Gasteiger partial charge in [-0.2, -0.15) is 0 Å². The second kappa shape index (κ2) is 34.6. The van der Waals surface area contributed by atoms with Gasteiger partial charge < -0.3 is 80.4 Å². The zero-order chi connectivity index (χ0) is 60.4. The van der Waals surface area contributed by atoms with Crippen molar-refractivity contribution in [3.63, 3.8) is 0 Å². The number of rotatable bonds is 36. The van der Waals surface area contributed by atoms with E-state index < -0.39 is 169 Å². The molecule has 11 amide bonds. The van der Waals surface area contributed by atoms with Gasteiger partial charge >= 0.3 is 5.97 Å². The molecule has 0 heterocycles. The maximum absolute atomic E-state index is 14.4. The smallest absolute Gasteiger partial charge is 0.328 e. The van der Waals surface area contributed by atoms with Crippen LogP contribution in [0.25, 0.3) is 0 Å². The number of hydrogen-bond donors (Lipinski definition) is 15. The number of aliphatic carboxylic acids is 1. The van der Waals surface area contributed by atoms with E-state index in [1.165, 1.54) is 6.92 Å². The first-order valence-corrected chi connectivity index (χ1v) is 26.5. The lowest BCUT2D eigenvalue weighted by atomic mass is 9.96. The quantitative estimate of drug-likeness (QED) is 0.0313. The van der Waals surface area contributed by atoms with Gasteiger partial charge in [0.25, 0.3) is 0 Å². The van der Waals surface area contributed by atoms with Crippen molar-refractivity contribution >= 4 is 70.9 Å². The highest BCUT2D eigenvalue weighted by atomic mass is 16.4.